The predicted octanol–water partition coefficient (Wildman–Crippen LogP) is 3.07. The van der Waals surface area contributed by atoms with Gasteiger partial charge >= 0.3 is 0 Å². The molecule has 1 aromatic heterocycles. The van der Waals surface area contributed by atoms with Crippen LogP contribution in [0.4, 0.5) is 0 Å². The van der Waals surface area contributed by atoms with E-state index in [1.165, 1.54) is 0 Å². The van der Waals surface area contributed by atoms with E-state index in [9.17, 15) is 0 Å². The number of ether oxygens (including phenoxy) is 1. The van der Waals surface area contributed by atoms with Crippen LogP contribution in [0.5, 0.6) is 5.75 Å². The molecule has 1 aromatic carbocycles. The Balaban J connectivity index is 2.89. The number of methoxy groups -OCH3 is 1. The number of nitriles is 1. The summed E-state index contributed by atoms with van der Waals surface area (Å²) in [7, 11) is 1.58. The summed E-state index contributed by atoms with van der Waals surface area (Å²) in [6.07, 6.45) is 0. The number of rotatable bonds is 1. The Morgan fingerprint density at radius 2 is 2.36 bits per heavy atom. The average molecular weight is 221 g/mol. The summed E-state index contributed by atoms with van der Waals surface area (Å²) in [5.41, 5.74) is 0.635. The molecule has 0 atom stereocenters. The maximum Gasteiger partial charge on any atom is 0.134 e. The van der Waals surface area contributed by atoms with Gasteiger partial charge in [-0.3, -0.25) is 0 Å². The van der Waals surface area contributed by atoms with Gasteiger partial charge in [-0.25, -0.2) is 0 Å². The lowest BCUT2D eigenvalue weighted by Gasteiger charge is -2.05. The zero-order chi connectivity index (χ0) is 10.1. The van der Waals surface area contributed by atoms with Gasteiger partial charge in [-0.05, 0) is 17.5 Å². The number of benzene rings is 1. The van der Waals surface area contributed by atoms with Gasteiger partial charge in [-0.2, -0.15) is 5.26 Å². The Morgan fingerprint density at radius 3 is 3.00 bits per heavy atom. The molecule has 0 saturated carbocycles. The van der Waals surface area contributed by atoms with Crippen molar-refractivity contribution in [3.8, 4) is 11.8 Å². The van der Waals surface area contributed by atoms with Crippen molar-refractivity contribution in [1.29, 1.82) is 5.26 Å². The molecular weight excluding hydrogens is 214 g/mol. The Labute approximate surface area is 91.1 Å². The maximum atomic E-state index is 8.94. The summed E-state index contributed by atoms with van der Waals surface area (Å²) in [6, 6.07) is 5.80. The van der Waals surface area contributed by atoms with Gasteiger partial charge in [0.05, 0.1) is 28.3 Å². The van der Waals surface area contributed by atoms with Gasteiger partial charge in [0.25, 0.3) is 0 Å². The van der Waals surface area contributed by atoms with Crippen LogP contribution in [0.15, 0.2) is 22.4 Å². The van der Waals surface area contributed by atoms with Crippen molar-refractivity contribution in [2.75, 3.05) is 7.11 Å². The summed E-state index contributed by atoms with van der Waals surface area (Å²) >= 11 is 5.94. The monoisotopic (exact) mass is 221 g/mol. The van der Waals surface area contributed by atoms with Gasteiger partial charge in [-0.1, -0.05) is 0 Å². The highest BCUT2D eigenvalue weighted by molar-refractivity contribution is 7.81. The third-order valence-electron chi connectivity index (χ3n) is 2.02. The first-order valence-electron chi connectivity index (χ1n) is 3.95. The van der Waals surface area contributed by atoms with E-state index in [-0.39, 0.29) is 0 Å². The fraction of sp³-hybridized carbons (Fsp3) is 0.100. The molecule has 0 unspecified atom stereocenters. The number of thiophene rings is 1. The largest absolute Gasteiger partial charge is 0.495 e. The summed E-state index contributed by atoms with van der Waals surface area (Å²) in [6.45, 7) is 0. The quantitative estimate of drug-likeness (QED) is 0.751. The van der Waals surface area contributed by atoms with Crippen molar-refractivity contribution in [2.24, 2.45) is 0 Å². The standard InChI is InChI=1S/C10H7NOS2/c1-12-8-4-6(5-11)7-2-3-14-10(7)9(8)13/h2-4,13H,1H3. The SMILES string of the molecule is COc1cc(C#N)c2ccsc2c1S. The third kappa shape index (κ3) is 1.26. The number of hydrogen-bond donors (Lipinski definition) is 1. The zero-order valence-electron chi connectivity index (χ0n) is 7.44. The van der Waals surface area contributed by atoms with Crippen molar-refractivity contribution < 1.29 is 4.74 Å². The highest BCUT2D eigenvalue weighted by atomic mass is 32.1. The van der Waals surface area contributed by atoms with E-state index in [0.717, 1.165) is 15.0 Å². The van der Waals surface area contributed by atoms with Crippen LogP contribution in [-0.4, -0.2) is 7.11 Å². The van der Waals surface area contributed by atoms with Gasteiger partial charge in [0.15, 0.2) is 0 Å². The molecule has 0 saturated heterocycles. The first kappa shape index (κ1) is 9.38. The fourth-order valence-electron chi connectivity index (χ4n) is 1.34. The number of hydrogen-bond acceptors (Lipinski definition) is 4. The lowest BCUT2D eigenvalue weighted by molar-refractivity contribution is 0.406. The zero-order valence-corrected chi connectivity index (χ0v) is 9.15. The third-order valence-corrected chi connectivity index (χ3v) is 3.55. The fourth-order valence-corrected chi connectivity index (χ4v) is 2.63. The average Bonchev–Trinajstić information content (AvgIpc) is 2.68. The molecule has 2 aromatic rings. The van der Waals surface area contributed by atoms with E-state index in [0.29, 0.717) is 11.3 Å². The lowest BCUT2D eigenvalue weighted by Crippen LogP contribution is -1.87. The van der Waals surface area contributed by atoms with Gasteiger partial charge in [0, 0.05) is 5.39 Å². The Morgan fingerprint density at radius 1 is 1.57 bits per heavy atom. The van der Waals surface area contributed by atoms with Crippen molar-refractivity contribution in [2.45, 2.75) is 4.90 Å². The van der Waals surface area contributed by atoms with Gasteiger partial charge in [-0.15, -0.1) is 24.0 Å². The van der Waals surface area contributed by atoms with E-state index in [4.69, 9.17) is 10.00 Å². The van der Waals surface area contributed by atoms with Crippen LogP contribution in [0.1, 0.15) is 5.56 Å². The molecule has 0 spiro atoms. The van der Waals surface area contributed by atoms with Crippen LogP contribution in [0, 0.1) is 11.3 Å². The van der Waals surface area contributed by atoms with E-state index >= 15 is 0 Å². The molecule has 70 valence electrons. The van der Waals surface area contributed by atoms with Crippen LogP contribution in [0.3, 0.4) is 0 Å². The Kier molecular flexibility index (Phi) is 2.36. The summed E-state index contributed by atoms with van der Waals surface area (Å²) in [4.78, 5) is 0.802. The van der Waals surface area contributed by atoms with Crippen LogP contribution >= 0.6 is 24.0 Å². The molecule has 0 N–H and O–H groups in total. The minimum absolute atomic E-state index is 0.635. The second kappa shape index (κ2) is 3.52. The second-order valence-corrected chi connectivity index (χ2v) is 4.11. The van der Waals surface area contributed by atoms with Gasteiger partial charge < -0.3 is 4.74 Å². The molecule has 0 aliphatic heterocycles. The summed E-state index contributed by atoms with van der Waals surface area (Å²) in [5, 5.41) is 11.8. The Hall–Kier alpha value is -1.18. The minimum Gasteiger partial charge on any atom is -0.495 e. The normalized spacial score (nSPS) is 10.1. The molecule has 4 heteroatoms. The first-order valence-corrected chi connectivity index (χ1v) is 5.28. The predicted molar refractivity (Wildman–Crippen MR) is 60.3 cm³/mol. The highest BCUT2D eigenvalue weighted by Gasteiger charge is 2.10. The van der Waals surface area contributed by atoms with Crippen LogP contribution < -0.4 is 4.74 Å². The van der Waals surface area contributed by atoms with E-state index < -0.39 is 0 Å². The molecule has 2 rings (SSSR count). The molecule has 0 amide bonds. The molecule has 2 nitrogen and oxygen atoms in total. The molecule has 14 heavy (non-hydrogen) atoms. The molecule has 0 aliphatic rings. The van der Waals surface area contributed by atoms with Gasteiger partial charge in [0.1, 0.15) is 5.75 Å². The molecule has 0 radical (unpaired) electrons. The summed E-state index contributed by atoms with van der Waals surface area (Å²) < 4.78 is 6.15. The van der Waals surface area contributed by atoms with Crippen molar-refractivity contribution in [1.82, 2.24) is 0 Å². The first-order chi connectivity index (χ1) is 6.77. The molecule has 1 heterocycles. The Bertz CT molecular complexity index is 525. The smallest absolute Gasteiger partial charge is 0.134 e. The molecule has 0 aliphatic carbocycles. The van der Waals surface area contributed by atoms with Crippen LogP contribution in [-0.2, 0) is 0 Å². The molecule has 0 bridgehead atoms. The summed E-state index contributed by atoms with van der Waals surface area (Å²) in [5.74, 6) is 0.653. The van der Waals surface area contributed by atoms with Crippen molar-refractivity contribution in [3.63, 3.8) is 0 Å². The van der Waals surface area contributed by atoms with Crippen molar-refractivity contribution >= 4 is 34.1 Å². The minimum atomic E-state index is 0.635. The van der Waals surface area contributed by atoms with Crippen LogP contribution in [0.2, 0.25) is 0 Å². The van der Waals surface area contributed by atoms with E-state index in [1.54, 1.807) is 24.5 Å². The molecular formula is C10H7NOS2. The maximum absolute atomic E-state index is 8.94. The molecule has 0 fully saturated rings. The topological polar surface area (TPSA) is 33.0 Å². The van der Waals surface area contributed by atoms with Crippen LogP contribution in [0.25, 0.3) is 10.1 Å². The lowest BCUT2D eigenvalue weighted by atomic mass is 10.1. The second-order valence-electron chi connectivity index (χ2n) is 2.75. The van der Waals surface area contributed by atoms with Crippen molar-refractivity contribution in [3.05, 3.63) is 23.1 Å². The number of fused-ring (bicyclic) bond motifs is 1. The highest BCUT2D eigenvalue weighted by Crippen LogP contribution is 2.36. The van der Waals surface area contributed by atoms with E-state index in [1.807, 2.05) is 11.4 Å². The van der Waals surface area contributed by atoms with Gasteiger partial charge in [0.2, 0.25) is 0 Å². The number of nitrogens with zero attached hydrogens (tertiary/aromatic N) is 1. The number of thiol groups is 1. The van der Waals surface area contributed by atoms with E-state index in [2.05, 4.69) is 18.7 Å².